The summed E-state index contributed by atoms with van der Waals surface area (Å²) >= 11 is 6.41. The van der Waals surface area contributed by atoms with E-state index in [2.05, 4.69) is 44.2 Å². The highest BCUT2D eigenvalue weighted by molar-refractivity contribution is 6.74. The van der Waals surface area contributed by atoms with E-state index < -0.39 is 32.1 Å². The van der Waals surface area contributed by atoms with Gasteiger partial charge in [0.15, 0.2) is 8.32 Å². The molecular weight excluding hydrogens is 594 g/mol. The summed E-state index contributed by atoms with van der Waals surface area (Å²) < 4.78 is 12.8. The number of carboxylic acid groups (broad SMARTS) is 1. The number of aromatic carboxylic acids is 1. The van der Waals surface area contributed by atoms with Crippen molar-refractivity contribution in [2.45, 2.75) is 84.3 Å². The van der Waals surface area contributed by atoms with E-state index in [1.165, 1.54) is 6.20 Å². The van der Waals surface area contributed by atoms with Gasteiger partial charge >= 0.3 is 12.1 Å². The maximum Gasteiger partial charge on any atom is 0.410 e. The molecule has 0 aliphatic heterocycles. The van der Waals surface area contributed by atoms with Crippen molar-refractivity contribution in [3.05, 3.63) is 83.1 Å². The third-order valence-corrected chi connectivity index (χ3v) is 12.5. The zero-order chi connectivity index (χ0) is 32.9. The largest absolute Gasteiger partial charge is 0.478 e. The first-order valence-electron chi connectivity index (χ1n) is 14.8. The predicted octanol–water partition coefficient (Wildman–Crippen LogP) is 8.90. The van der Waals surface area contributed by atoms with Crippen molar-refractivity contribution in [1.29, 1.82) is 0 Å². The highest BCUT2D eigenvalue weighted by Gasteiger charge is 2.41. The summed E-state index contributed by atoms with van der Waals surface area (Å²) in [4.78, 5) is 30.9. The summed E-state index contributed by atoms with van der Waals surface area (Å²) in [6.45, 7) is 19.2. The first-order valence-corrected chi connectivity index (χ1v) is 18.1. The maximum absolute atomic E-state index is 13.7. The average molecular weight is 640 g/mol. The third-order valence-electron chi connectivity index (χ3n) is 7.77. The van der Waals surface area contributed by atoms with Crippen LogP contribution in [0.25, 0.3) is 11.1 Å². The smallest absolute Gasteiger partial charge is 0.410 e. The van der Waals surface area contributed by atoms with Crippen molar-refractivity contribution in [1.82, 2.24) is 9.88 Å². The number of halogens is 1. The van der Waals surface area contributed by atoms with E-state index in [1.54, 1.807) is 17.2 Å². The summed E-state index contributed by atoms with van der Waals surface area (Å²) in [5.74, 6) is -1.03. The van der Waals surface area contributed by atoms with Crippen molar-refractivity contribution < 1.29 is 23.9 Å². The second-order valence-electron chi connectivity index (χ2n) is 13.6. The van der Waals surface area contributed by atoms with Crippen LogP contribution in [-0.4, -0.2) is 60.1 Å². The Balaban J connectivity index is 1.90. The van der Waals surface area contributed by atoms with Crippen LogP contribution in [0.2, 0.25) is 23.2 Å². The fourth-order valence-corrected chi connectivity index (χ4v) is 5.76. The molecular formula is C34H46ClN3O5Si. The topological polar surface area (TPSA) is 101 Å². The molecule has 2 N–H and O–H groups in total. The number of carboxylic acids is 1. The first kappa shape index (κ1) is 35.1. The third kappa shape index (κ3) is 9.80. The Labute approximate surface area is 267 Å². The van der Waals surface area contributed by atoms with Crippen LogP contribution >= 0.6 is 11.6 Å². The summed E-state index contributed by atoms with van der Waals surface area (Å²) in [5.41, 5.74) is 2.69. The van der Waals surface area contributed by atoms with Crippen molar-refractivity contribution in [3.8, 4) is 11.1 Å². The molecule has 44 heavy (non-hydrogen) atoms. The number of benzene rings is 2. The van der Waals surface area contributed by atoms with Crippen molar-refractivity contribution >= 4 is 37.7 Å². The molecule has 0 bridgehead atoms. The Kier molecular flexibility index (Phi) is 11.3. The number of ether oxygens (including phenoxy) is 1. The molecule has 0 saturated heterocycles. The lowest BCUT2D eigenvalue weighted by atomic mass is 10.1. The molecule has 0 saturated carbocycles. The van der Waals surface area contributed by atoms with Crippen molar-refractivity contribution in [2.24, 2.45) is 0 Å². The van der Waals surface area contributed by atoms with Gasteiger partial charge in [-0.2, -0.15) is 0 Å². The number of carbonyl (C=O) groups is 2. The molecule has 0 aliphatic rings. The van der Waals surface area contributed by atoms with Crippen LogP contribution in [0.3, 0.4) is 0 Å². The van der Waals surface area contributed by atoms with Crippen LogP contribution in [0.1, 0.15) is 70.5 Å². The SMILES string of the molecule is CC(CNc1cccc(-c2cncc(C(=O)O)c2)c1)N(CC(O[Si](C)(C)C(C)(C)C)c1cccc(Cl)c1)C(=O)OC(C)(C)C. The molecule has 2 unspecified atom stereocenters. The Morgan fingerprint density at radius 2 is 1.68 bits per heavy atom. The second-order valence-corrected chi connectivity index (χ2v) is 18.8. The minimum atomic E-state index is -2.25. The molecule has 0 fully saturated rings. The van der Waals surface area contributed by atoms with E-state index >= 15 is 0 Å². The maximum atomic E-state index is 13.7. The van der Waals surface area contributed by atoms with E-state index in [-0.39, 0.29) is 23.2 Å². The molecule has 2 atom stereocenters. The van der Waals surface area contributed by atoms with Crippen LogP contribution in [0.4, 0.5) is 10.5 Å². The van der Waals surface area contributed by atoms with Gasteiger partial charge in [-0.05, 0) is 87.3 Å². The first-order chi connectivity index (χ1) is 20.4. The van der Waals surface area contributed by atoms with Gasteiger partial charge in [0.05, 0.1) is 18.2 Å². The molecule has 8 nitrogen and oxygen atoms in total. The van der Waals surface area contributed by atoms with Gasteiger partial charge in [0, 0.05) is 41.3 Å². The Morgan fingerprint density at radius 3 is 2.30 bits per heavy atom. The monoisotopic (exact) mass is 639 g/mol. The van der Waals surface area contributed by atoms with E-state index in [9.17, 15) is 14.7 Å². The quantitative estimate of drug-likeness (QED) is 0.202. The molecule has 0 aliphatic carbocycles. The fourth-order valence-electron chi connectivity index (χ4n) is 4.28. The lowest BCUT2D eigenvalue weighted by Gasteiger charge is -2.41. The minimum Gasteiger partial charge on any atom is -0.478 e. The number of hydrogen-bond donors (Lipinski definition) is 2. The van der Waals surface area contributed by atoms with Crippen molar-refractivity contribution in [3.63, 3.8) is 0 Å². The summed E-state index contributed by atoms with van der Waals surface area (Å²) in [7, 11) is -2.25. The predicted molar refractivity (Wildman–Crippen MR) is 180 cm³/mol. The number of aromatic nitrogens is 1. The van der Waals surface area contributed by atoms with Crippen LogP contribution in [-0.2, 0) is 9.16 Å². The van der Waals surface area contributed by atoms with Gasteiger partial charge in [0.25, 0.3) is 0 Å². The van der Waals surface area contributed by atoms with E-state index in [0.29, 0.717) is 17.1 Å². The van der Waals surface area contributed by atoms with E-state index in [0.717, 1.165) is 16.8 Å². The normalized spacial score (nSPS) is 13.6. The van der Waals surface area contributed by atoms with Gasteiger partial charge in [0.2, 0.25) is 0 Å². The number of hydrogen-bond acceptors (Lipinski definition) is 6. The van der Waals surface area contributed by atoms with Gasteiger partial charge in [0.1, 0.15) is 5.60 Å². The van der Waals surface area contributed by atoms with E-state index in [4.69, 9.17) is 20.8 Å². The number of rotatable bonds is 11. The molecule has 10 heteroatoms. The lowest BCUT2D eigenvalue weighted by molar-refractivity contribution is 0.00798. The molecule has 0 radical (unpaired) electrons. The van der Waals surface area contributed by atoms with Crippen molar-refractivity contribution in [2.75, 3.05) is 18.4 Å². The zero-order valence-electron chi connectivity index (χ0n) is 27.3. The number of pyridine rings is 1. The highest BCUT2D eigenvalue weighted by atomic mass is 35.5. The summed E-state index contributed by atoms with van der Waals surface area (Å²) in [5, 5.41) is 13.4. The van der Waals surface area contributed by atoms with E-state index in [1.807, 2.05) is 76.2 Å². The molecule has 2 aromatic carbocycles. The molecule has 1 amide bonds. The molecule has 1 aromatic heterocycles. The number of amides is 1. The number of nitrogens with one attached hydrogen (secondary N) is 1. The van der Waals surface area contributed by atoms with Crippen LogP contribution in [0.5, 0.6) is 0 Å². The van der Waals surface area contributed by atoms with Gasteiger partial charge in [-0.25, -0.2) is 9.59 Å². The van der Waals surface area contributed by atoms with Gasteiger partial charge in [-0.3, -0.25) is 4.98 Å². The standard InChI is InChI=1S/C34H46ClN3O5Si/c1-23(19-37-29-15-11-12-24(18-29)26-16-27(31(39)40)21-36-20-26)38(32(41)42-33(2,3)4)22-30(25-13-10-14-28(35)17-25)43-44(8,9)34(5,6)7/h10-18,20-21,23,30,37H,19,22H2,1-9H3,(H,39,40). The van der Waals surface area contributed by atoms with Crippen LogP contribution in [0, 0.1) is 0 Å². The molecule has 3 aromatic rings. The summed E-state index contributed by atoms with van der Waals surface area (Å²) in [6, 6.07) is 16.6. The highest BCUT2D eigenvalue weighted by Crippen LogP contribution is 2.40. The Hall–Kier alpha value is -3.40. The van der Waals surface area contributed by atoms with Crippen LogP contribution in [0.15, 0.2) is 67.0 Å². The van der Waals surface area contributed by atoms with Gasteiger partial charge in [-0.15, -0.1) is 0 Å². The Morgan fingerprint density at radius 1 is 1.00 bits per heavy atom. The molecule has 0 spiro atoms. The minimum absolute atomic E-state index is 0.0434. The molecule has 238 valence electrons. The number of nitrogens with zero attached hydrogens (tertiary/aromatic N) is 2. The second kappa shape index (κ2) is 14.1. The Bertz CT molecular complexity index is 1450. The van der Waals surface area contributed by atoms with Gasteiger partial charge < -0.3 is 24.5 Å². The summed E-state index contributed by atoms with van der Waals surface area (Å²) in [6.07, 6.45) is 2.12. The fraction of sp³-hybridized carbons (Fsp3) is 0.441. The zero-order valence-corrected chi connectivity index (χ0v) is 29.0. The number of carbonyl (C=O) groups excluding carboxylic acids is 1. The van der Waals surface area contributed by atoms with Crippen LogP contribution < -0.4 is 5.32 Å². The average Bonchev–Trinajstić information content (AvgIpc) is 2.92. The number of anilines is 1. The lowest BCUT2D eigenvalue weighted by Crippen LogP contribution is -2.49. The van der Waals surface area contributed by atoms with Gasteiger partial charge in [-0.1, -0.05) is 56.6 Å². The molecule has 3 rings (SSSR count). The molecule has 1 heterocycles.